The summed E-state index contributed by atoms with van der Waals surface area (Å²) in [6, 6.07) is 6.34. The van der Waals surface area contributed by atoms with E-state index in [0.29, 0.717) is 13.0 Å². The van der Waals surface area contributed by atoms with Crippen molar-refractivity contribution in [1.29, 1.82) is 0 Å². The predicted molar refractivity (Wildman–Crippen MR) is 84.0 cm³/mol. The lowest BCUT2D eigenvalue weighted by Crippen LogP contribution is -2.36. The van der Waals surface area contributed by atoms with Gasteiger partial charge in [0.25, 0.3) is 0 Å². The molecule has 5 heteroatoms. The summed E-state index contributed by atoms with van der Waals surface area (Å²) in [6.07, 6.45) is 2.42. The Morgan fingerprint density at radius 3 is 2.90 bits per heavy atom. The van der Waals surface area contributed by atoms with Crippen molar-refractivity contribution in [2.45, 2.75) is 19.4 Å². The van der Waals surface area contributed by atoms with Gasteiger partial charge >= 0.3 is 0 Å². The topological polar surface area (TPSA) is 50.8 Å². The molecule has 0 bridgehead atoms. The quantitative estimate of drug-likeness (QED) is 0.587. The lowest BCUT2D eigenvalue weighted by molar-refractivity contribution is -0.107. The SMILES string of the molecule is COCc1ccc(NCCCC=O)cc1N1CCOCC1. The number of hydrogen-bond donors (Lipinski definition) is 1. The number of benzene rings is 1. The summed E-state index contributed by atoms with van der Waals surface area (Å²) in [5.41, 5.74) is 3.49. The van der Waals surface area contributed by atoms with Crippen LogP contribution >= 0.6 is 0 Å². The van der Waals surface area contributed by atoms with E-state index in [4.69, 9.17) is 9.47 Å². The molecule has 1 aliphatic rings. The van der Waals surface area contributed by atoms with E-state index in [1.54, 1.807) is 7.11 Å². The number of methoxy groups -OCH3 is 1. The van der Waals surface area contributed by atoms with Crippen LogP contribution in [0.5, 0.6) is 0 Å². The number of morpholine rings is 1. The summed E-state index contributed by atoms with van der Waals surface area (Å²) in [6.45, 7) is 4.77. The van der Waals surface area contributed by atoms with Gasteiger partial charge in [0, 0.05) is 50.1 Å². The van der Waals surface area contributed by atoms with Crippen molar-refractivity contribution < 1.29 is 14.3 Å². The van der Waals surface area contributed by atoms with E-state index in [2.05, 4.69) is 28.4 Å². The Balaban J connectivity index is 2.07. The Hall–Kier alpha value is -1.59. The highest BCUT2D eigenvalue weighted by Crippen LogP contribution is 2.26. The Labute approximate surface area is 126 Å². The molecule has 5 nitrogen and oxygen atoms in total. The van der Waals surface area contributed by atoms with Crippen molar-refractivity contribution in [3.63, 3.8) is 0 Å². The van der Waals surface area contributed by atoms with Gasteiger partial charge in [0.15, 0.2) is 0 Å². The van der Waals surface area contributed by atoms with Crippen LogP contribution in [0.1, 0.15) is 18.4 Å². The zero-order valence-corrected chi connectivity index (χ0v) is 12.6. The summed E-state index contributed by atoms with van der Waals surface area (Å²) in [4.78, 5) is 12.7. The molecule has 1 aromatic rings. The van der Waals surface area contributed by atoms with Crippen molar-refractivity contribution in [3.05, 3.63) is 23.8 Å². The normalized spacial score (nSPS) is 15.0. The molecule has 0 aliphatic carbocycles. The minimum absolute atomic E-state index is 0.602. The minimum Gasteiger partial charge on any atom is -0.385 e. The minimum atomic E-state index is 0.602. The van der Waals surface area contributed by atoms with Crippen molar-refractivity contribution in [2.75, 3.05) is 50.2 Å². The van der Waals surface area contributed by atoms with E-state index in [-0.39, 0.29) is 0 Å². The molecule has 0 aromatic heterocycles. The van der Waals surface area contributed by atoms with Crippen molar-refractivity contribution in [1.82, 2.24) is 0 Å². The molecule has 1 aromatic carbocycles. The van der Waals surface area contributed by atoms with Crippen LogP contribution in [0.15, 0.2) is 18.2 Å². The summed E-state index contributed by atoms with van der Waals surface area (Å²) < 4.78 is 10.7. The number of hydrogen-bond acceptors (Lipinski definition) is 5. The van der Waals surface area contributed by atoms with Gasteiger partial charge in [0.05, 0.1) is 19.8 Å². The predicted octanol–water partition coefficient (Wildman–Crippen LogP) is 2.06. The molecule has 1 aliphatic heterocycles. The monoisotopic (exact) mass is 292 g/mol. The number of aldehydes is 1. The lowest BCUT2D eigenvalue weighted by Gasteiger charge is -2.31. The third-order valence-corrected chi connectivity index (χ3v) is 3.56. The van der Waals surface area contributed by atoms with Crippen LogP contribution < -0.4 is 10.2 Å². The van der Waals surface area contributed by atoms with E-state index < -0.39 is 0 Å². The van der Waals surface area contributed by atoms with Gasteiger partial charge in [-0.15, -0.1) is 0 Å². The molecule has 0 atom stereocenters. The van der Waals surface area contributed by atoms with Gasteiger partial charge in [-0.1, -0.05) is 6.07 Å². The maximum Gasteiger partial charge on any atom is 0.120 e. The fraction of sp³-hybridized carbons (Fsp3) is 0.562. The molecule has 0 saturated carbocycles. The van der Waals surface area contributed by atoms with Crippen molar-refractivity contribution >= 4 is 17.7 Å². The Morgan fingerprint density at radius 1 is 1.38 bits per heavy atom. The second-order valence-electron chi connectivity index (χ2n) is 5.11. The lowest BCUT2D eigenvalue weighted by atomic mass is 10.1. The number of nitrogens with zero attached hydrogens (tertiary/aromatic N) is 1. The molecule has 0 radical (unpaired) electrons. The average Bonchev–Trinajstić information content (AvgIpc) is 2.54. The molecular weight excluding hydrogens is 268 g/mol. The molecule has 1 N–H and O–H groups in total. The standard InChI is InChI=1S/C16H24N2O3/c1-20-13-14-4-5-15(17-6-2-3-9-19)12-16(14)18-7-10-21-11-8-18/h4-5,9,12,17H,2-3,6-8,10-11,13H2,1H3. The molecule has 1 saturated heterocycles. The Bertz CT molecular complexity index is 445. The largest absolute Gasteiger partial charge is 0.385 e. The van der Waals surface area contributed by atoms with Gasteiger partial charge in [-0.05, 0) is 18.6 Å². The highest BCUT2D eigenvalue weighted by Gasteiger charge is 2.15. The fourth-order valence-corrected chi connectivity index (χ4v) is 2.47. The summed E-state index contributed by atoms with van der Waals surface area (Å²) in [7, 11) is 1.72. The van der Waals surface area contributed by atoms with Gasteiger partial charge in [-0.3, -0.25) is 0 Å². The number of rotatable bonds is 8. The van der Waals surface area contributed by atoms with E-state index in [1.165, 1.54) is 11.3 Å². The Kier molecular flexibility index (Phi) is 6.50. The van der Waals surface area contributed by atoms with Gasteiger partial charge in [-0.25, -0.2) is 0 Å². The number of carbonyl (C=O) groups excluding carboxylic acids is 1. The second kappa shape index (κ2) is 8.64. The van der Waals surface area contributed by atoms with Gasteiger partial charge in [0.1, 0.15) is 6.29 Å². The van der Waals surface area contributed by atoms with Crippen LogP contribution in [0.3, 0.4) is 0 Å². The zero-order valence-electron chi connectivity index (χ0n) is 12.6. The zero-order chi connectivity index (χ0) is 14.9. The van der Waals surface area contributed by atoms with E-state index in [9.17, 15) is 4.79 Å². The first-order valence-electron chi connectivity index (χ1n) is 7.47. The first-order valence-corrected chi connectivity index (χ1v) is 7.47. The fourth-order valence-electron chi connectivity index (χ4n) is 2.47. The molecule has 0 unspecified atom stereocenters. The molecule has 21 heavy (non-hydrogen) atoms. The van der Waals surface area contributed by atoms with Gasteiger partial charge < -0.3 is 24.5 Å². The van der Waals surface area contributed by atoms with E-state index >= 15 is 0 Å². The molecular formula is C16H24N2O3. The number of unbranched alkanes of at least 4 members (excludes halogenated alkanes) is 1. The average molecular weight is 292 g/mol. The first kappa shape index (κ1) is 15.8. The highest BCUT2D eigenvalue weighted by molar-refractivity contribution is 5.63. The smallest absolute Gasteiger partial charge is 0.120 e. The van der Waals surface area contributed by atoms with E-state index in [0.717, 1.165) is 51.2 Å². The summed E-state index contributed by atoms with van der Waals surface area (Å²) in [5.74, 6) is 0. The second-order valence-corrected chi connectivity index (χ2v) is 5.11. The van der Waals surface area contributed by atoms with Gasteiger partial charge in [0.2, 0.25) is 0 Å². The van der Waals surface area contributed by atoms with Crippen LogP contribution in [-0.2, 0) is 20.9 Å². The molecule has 116 valence electrons. The molecule has 1 fully saturated rings. The van der Waals surface area contributed by atoms with Crippen LogP contribution in [0.4, 0.5) is 11.4 Å². The molecule has 0 amide bonds. The van der Waals surface area contributed by atoms with E-state index in [1.807, 2.05) is 0 Å². The number of ether oxygens (including phenoxy) is 2. The van der Waals surface area contributed by atoms with Crippen molar-refractivity contribution in [2.24, 2.45) is 0 Å². The Morgan fingerprint density at radius 2 is 2.19 bits per heavy atom. The molecule has 2 rings (SSSR count). The van der Waals surface area contributed by atoms with Crippen LogP contribution in [0, 0.1) is 0 Å². The first-order chi connectivity index (χ1) is 10.3. The maximum absolute atomic E-state index is 10.3. The highest BCUT2D eigenvalue weighted by atomic mass is 16.5. The molecule has 1 heterocycles. The molecule has 0 spiro atoms. The van der Waals surface area contributed by atoms with Crippen LogP contribution in [0.25, 0.3) is 0 Å². The summed E-state index contributed by atoms with van der Waals surface area (Å²) >= 11 is 0. The third-order valence-electron chi connectivity index (χ3n) is 3.56. The third kappa shape index (κ3) is 4.72. The summed E-state index contributed by atoms with van der Waals surface area (Å²) in [5, 5.41) is 3.37. The number of anilines is 2. The van der Waals surface area contributed by atoms with Crippen molar-refractivity contribution in [3.8, 4) is 0 Å². The van der Waals surface area contributed by atoms with Gasteiger partial charge in [-0.2, -0.15) is 0 Å². The van der Waals surface area contributed by atoms with Crippen LogP contribution in [-0.4, -0.2) is 46.2 Å². The maximum atomic E-state index is 10.3. The number of nitrogens with one attached hydrogen (secondary N) is 1. The number of carbonyl (C=O) groups is 1. The van der Waals surface area contributed by atoms with Crippen LogP contribution in [0.2, 0.25) is 0 Å².